The van der Waals surface area contributed by atoms with Crippen molar-refractivity contribution >= 4 is 11.8 Å². The minimum Gasteiger partial charge on any atom is -0.338 e. The molecule has 0 saturated carbocycles. The summed E-state index contributed by atoms with van der Waals surface area (Å²) in [6.45, 7) is 2.13. The van der Waals surface area contributed by atoms with Crippen molar-refractivity contribution in [2.24, 2.45) is 0 Å². The first-order chi connectivity index (χ1) is 12.8. The first kappa shape index (κ1) is 16.5. The molecule has 0 unspecified atom stereocenters. The van der Waals surface area contributed by atoms with Crippen LogP contribution in [0.3, 0.4) is 0 Å². The minimum atomic E-state index is 0.527. The predicted octanol–water partition coefficient (Wildman–Crippen LogP) is 4.17. The van der Waals surface area contributed by atoms with E-state index in [1.807, 2.05) is 42.5 Å². The summed E-state index contributed by atoms with van der Waals surface area (Å²) in [5.41, 5.74) is 3.21. The van der Waals surface area contributed by atoms with Gasteiger partial charge in [-0.25, -0.2) is 9.67 Å². The van der Waals surface area contributed by atoms with Gasteiger partial charge in [-0.05, 0) is 24.1 Å². The van der Waals surface area contributed by atoms with Gasteiger partial charge in [0.2, 0.25) is 16.9 Å². The van der Waals surface area contributed by atoms with E-state index in [2.05, 4.69) is 39.3 Å². The van der Waals surface area contributed by atoms with Crippen molar-refractivity contribution < 1.29 is 4.52 Å². The maximum Gasteiger partial charge on any atom is 0.237 e. The van der Waals surface area contributed by atoms with Gasteiger partial charge in [0, 0.05) is 5.56 Å². The summed E-state index contributed by atoms with van der Waals surface area (Å²) in [6, 6.07) is 18.1. The number of hydrogen-bond donors (Lipinski definition) is 0. The molecule has 0 aliphatic rings. The highest BCUT2D eigenvalue weighted by molar-refractivity contribution is 7.98. The Bertz CT molecular complexity index is 979. The van der Waals surface area contributed by atoms with Gasteiger partial charge in [0.1, 0.15) is 6.33 Å². The molecule has 0 saturated heterocycles. The summed E-state index contributed by atoms with van der Waals surface area (Å²) in [5.74, 6) is 1.69. The van der Waals surface area contributed by atoms with Crippen LogP contribution in [0.5, 0.6) is 0 Å². The van der Waals surface area contributed by atoms with Gasteiger partial charge in [-0.1, -0.05) is 66.3 Å². The van der Waals surface area contributed by atoms with Gasteiger partial charge >= 0.3 is 0 Å². The molecule has 2 heterocycles. The molecule has 0 radical (unpaired) electrons. The van der Waals surface area contributed by atoms with Crippen molar-refractivity contribution in [2.75, 3.05) is 0 Å². The highest BCUT2D eigenvalue weighted by atomic mass is 32.2. The normalized spacial score (nSPS) is 11.0. The number of benzene rings is 2. The van der Waals surface area contributed by atoms with Gasteiger partial charge in [-0.3, -0.25) is 0 Å². The molecule has 4 aromatic rings. The second kappa shape index (κ2) is 7.53. The summed E-state index contributed by atoms with van der Waals surface area (Å²) in [5, 5.41) is 9.19. The lowest BCUT2D eigenvalue weighted by atomic mass is 10.1. The summed E-state index contributed by atoms with van der Waals surface area (Å²) >= 11 is 1.46. The minimum absolute atomic E-state index is 0.527. The number of aromatic nitrogens is 5. The van der Waals surface area contributed by atoms with Crippen molar-refractivity contribution in [3.8, 4) is 17.1 Å². The molecule has 0 bridgehead atoms. The Balaban J connectivity index is 1.41. The number of aryl methyl sites for hydroxylation is 1. The average molecular weight is 363 g/mol. The molecule has 6 nitrogen and oxygen atoms in total. The first-order valence-electron chi connectivity index (χ1n) is 8.33. The third-order valence-corrected chi connectivity index (χ3v) is 4.74. The first-order valence-corrected chi connectivity index (χ1v) is 9.32. The predicted molar refractivity (Wildman–Crippen MR) is 100 cm³/mol. The van der Waals surface area contributed by atoms with Gasteiger partial charge in [0.25, 0.3) is 0 Å². The number of thioether (sulfide) groups is 1. The highest BCUT2D eigenvalue weighted by Gasteiger charge is 2.11. The maximum atomic E-state index is 5.34. The lowest BCUT2D eigenvalue weighted by Crippen LogP contribution is -1.93. The molecule has 0 fully saturated rings. The van der Waals surface area contributed by atoms with Crippen molar-refractivity contribution in [1.29, 1.82) is 0 Å². The second-order valence-electron chi connectivity index (χ2n) is 5.66. The summed E-state index contributed by atoms with van der Waals surface area (Å²) < 4.78 is 7.09. The average Bonchev–Trinajstić information content (AvgIpc) is 3.37. The van der Waals surface area contributed by atoms with Crippen LogP contribution in [0.2, 0.25) is 0 Å². The standard InChI is InChI=1S/C19H17N5OS/c1-2-14-8-10-15(11-9-14)18-21-17(25-23-18)12-26-19-20-13-24(22-19)16-6-4-3-5-7-16/h3-11,13H,2,12H2,1H3. The van der Waals surface area contributed by atoms with Gasteiger partial charge in [0.15, 0.2) is 0 Å². The lowest BCUT2D eigenvalue weighted by Gasteiger charge is -1.97. The SMILES string of the molecule is CCc1ccc(-c2noc(CSc3ncn(-c4ccccc4)n3)n2)cc1. The van der Waals surface area contributed by atoms with Crippen molar-refractivity contribution in [2.45, 2.75) is 24.3 Å². The number of hydrogen-bond acceptors (Lipinski definition) is 6. The lowest BCUT2D eigenvalue weighted by molar-refractivity contribution is 0.391. The Morgan fingerprint density at radius 3 is 2.62 bits per heavy atom. The maximum absolute atomic E-state index is 5.34. The highest BCUT2D eigenvalue weighted by Crippen LogP contribution is 2.22. The summed E-state index contributed by atoms with van der Waals surface area (Å²) in [6.07, 6.45) is 2.71. The number of para-hydroxylation sites is 1. The number of rotatable bonds is 6. The molecule has 26 heavy (non-hydrogen) atoms. The smallest absolute Gasteiger partial charge is 0.237 e. The van der Waals surface area contributed by atoms with E-state index in [0.29, 0.717) is 22.6 Å². The van der Waals surface area contributed by atoms with E-state index in [1.54, 1.807) is 11.0 Å². The molecule has 0 N–H and O–H groups in total. The zero-order chi connectivity index (χ0) is 17.8. The zero-order valence-electron chi connectivity index (χ0n) is 14.2. The van der Waals surface area contributed by atoms with Crippen LogP contribution < -0.4 is 0 Å². The molecule has 2 aromatic carbocycles. The molecule has 0 aliphatic heterocycles. The van der Waals surface area contributed by atoms with Crippen molar-refractivity contribution in [1.82, 2.24) is 24.9 Å². The second-order valence-corrected chi connectivity index (χ2v) is 6.60. The molecule has 0 aliphatic carbocycles. The molecule has 0 amide bonds. The van der Waals surface area contributed by atoms with Crippen molar-refractivity contribution in [3.63, 3.8) is 0 Å². The quantitative estimate of drug-likeness (QED) is 0.479. The molecule has 130 valence electrons. The van der Waals surface area contributed by atoms with E-state index >= 15 is 0 Å². The van der Waals surface area contributed by atoms with Crippen LogP contribution >= 0.6 is 11.8 Å². The van der Waals surface area contributed by atoms with E-state index in [4.69, 9.17) is 4.52 Å². The van der Waals surface area contributed by atoms with Crippen LogP contribution in [0.1, 0.15) is 18.4 Å². The largest absolute Gasteiger partial charge is 0.338 e. The van der Waals surface area contributed by atoms with Crippen LogP contribution in [-0.4, -0.2) is 24.9 Å². The monoisotopic (exact) mass is 363 g/mol. The molecule has 0 spiro atoms. The van der Waals surface area contributed by atoms with Crippen LogP contribution in [0.15, 0.2) is 70.6 Å². The molecule has 4 rings (SSSR count). The zero-order valence-corrected chi connectivity index (χ0v) is 15.1. The number of nitrogens with zero attached hydrogens (tertiary/aromatic N) is 5. The van der Waals surface area contributed by atoms with Gasteiger partial charge in [-0.15, -0.1) is 5.10 Å². The molecule has 0 atom stereocenters. The Hall–Kier alpha value is -2.93. The molecule has 7 heteroatoms. The fourth-order valence-electron chi connectivity index (χ4n) is 2.47. The topological polar surface area (TPSA) is 69.6 Å². The molecular weight excluding hydrogens is 346 g/mol. The Morgan fingerprint density at radius 2 is 1.85 bits per heavy atom. The van der Waals surface area contributed by atoms with Crippen LogP contribution in [0.4, 0.5) is 0 Å². The van der Waals surface area contributed by atoms with E-state index in [9.17, 15) is 0 Å². The third kappa shape index (κ3) is 3.67. The van der Waals surface area contributed by atoms with E-state index in [-0.39, 0.29) is 0 Å². The Labute approximate surface area is 155 Å². The fraction of sp³-hybridized carbons (Fsp3) is 0.158. The van der Waals surface area contributed by atoms with Gasteiger partial charge < -0.3 is 4.52 Å². The van der Waals surface area contributed by atoms with E-state index < -0.39 is 0 Å². The molecule has 2 aromatic heterocycles. The van der Waals surface area contributed by atoms with Crippen LogP contribution in [0, 0.1) is 0 Å². The van der Waals surface area contributed by atoms with Gasteiger partial charge in [-0.2, -0.15) is 4.98 Å². The van der Waals surface area contributed by atoms with E-state index in [1.165, 1.54) is 17.3 Å². The Kier molecular flexibility index (Phi) is 4.79. The Morgan fingerprint density at radius 1 is 1.04 bits per heavy atom. The summed E-state index contributed by atoms with van der Waals surface area (Å²) in [7, 11) is 0. The summed E-state index contributed by atoms with van der Waals surface area (Å²) in [4.78, 5) is 8.77. The molecular formula is C19H17N5OS. The van der Waals surface area contributed by atoms with Crippen LogP contribution in [0.25, 0.3) is 17.1 Å². The van der Waals surface area contributed by atoms with Gasteiger partial charge in [0.05, 0.1) is 11.4 Å². The fourth-order valence-corrected chi connectivity index (χ4v) is 3.10. The van der Waals surface area contributed by atoms with Crippen LogP contribution in [-0.2, 0) is 12.2 Å². The van der Waals surface area contributed by atoms with Crippen molar-refractivity contribution in [3.05, 3.63) is 72.4 Å². The third-order valence-electron chi connectivity index (χ3n) is 3.90. The van der Waals surface area contributed by atoms with E-state index in [0.717, 1.165) is 17.7 Å².